The highest BCUT2D eigenvalue weighted by molar-refractivity contribution is 6.38. The Morgan fingerprint density at radius 3 is 1.71 bits per heavy atom. The Balaban J connectivity index is 1.71. The molecule has 0 heterocycles. The number of nitrogens with one attached hydrogen (secondary N) is 2. The van der Waals surface area contributed by atoms with E-state index in [9.17, 15) is 28.8 Å². The Labute approximate surface area is 264 Å². The second kappa shape index (κ2) is 16.2. The molecular formula is C36H41N3O6. The summed E-state index contributed by atoms with van der Waals surface area (Å²) in [4.78, 5) is 77.7. The summed E-state index contributed by atoms with van der Waals surface area (Å²) in [5.41, 5.74) is 6.72. The maximum absolute atomic E-state index is 13.4. The van der Waals surface area contributed by atoms with Crippen molar-refractivity contribution in [2.24, 2.45) is 17.1 Å². The van der Waals surface area contributed by atoms with Gasteiger partial charge in [-0.1, -0.05) is 105 Å². The number of benzene rings is 3. The van der Waals surface area contributed by atoms with Crippen LogP contribution in [0.25, 0.3) is 0 Å². The monoisotopic (exact) mass is 611 g/mol. The predicted octanol–water partition coefficient (Wildman–Crippen LogP) is 3.32. The standard InChI is InChI=1S/C36H41N3O6/c1-24(32(42)34(44)39-30(21-27-17-11-6-12-18-27)31(41)23-36(2,3)35(37)45)38-33(43)28(19-25-13-7-4-8-14-25)22-29(40)20-26-15-9-5-10-16-26/h4-18,24,28,30H,19-23H2,1-3H3,(H2,37,45)(H,38,43)(H,39,44)/t24?,28-,30+/m1/s1. The Morgan fingerprint density at radius 2 is 1.20 bits per heavy atom. The number of amides is 3. The molecule has 0 bridgehead atoms. The Hall–Kier alpha value is -4.92. The van der Waals surface area contributed by atoms with Gasteiger partial charge in [-0.25, -0.2) is 0 Å². The first-order valence-electron chi connectivity index (χ1n) is 15.0. The van der Waals surface area contributed by atoms with Gasteiger partial charge in [-0.3, -0.25) is 28.8 Å². The molecule has 0 aliphatic heterocycles. The molecule has 3 aromatic rings. The molecule has 9 heteroatoms. The number of hydrogen-bond acceptors (Lipinski definition) is 6. The van der Waals surface area contributed by atoms with Crippen molar-refractivity contribution in [2.45, 2.75) is 65.0 Å². The van der Waals surface area contributed by atoms with Gasteiger partial charge in [-0.15, -0.1) is 0 Å². The molecule has 0 fully saturated rings. The van der Waals surface area contributed by atoms with Gasteiger partial charge in [0.15, 0.2) is 5.78 Å². The van der Waals surface area contributed by atoms with Crippen molar-refractivity contribution in [3.63, 3.8) is 0 Å². The predicted molar refractivity (Wildman–Crippen MR) is 171 cm³/mol. The van der Waals surface area contributed by atoms with Gasteiger partial charge in [0.1, 0.15) is 5.78 Å². The van der Waals surface area contributed by atoms with Crippen LogP contribution in [0.5, 0.6) is 0 Å². The van der Waals surface area contributed by atoms with E-state index in [0.29, 0.717) is 0 Å². The molecule has 9 nitrogen and oxygen atoms in total. The fourth-order valence-corrected chi connectivity index (χ4v) is 4.89. The summed E-state index contributed by atoms with van der Waals surface area (Å²) in [5, 5.41) is 5.12. The number of ketones is 3. The smallest absolute Gasteiger partial charge is 0.290 e. The van der Waals surface area contributed by atoms with E-state index >= 15 is 0 Å². The van der Waals surface area contributed by atoms with Crippen LogP contribution in [-0.2, 0) is 48.0 Å². The molecule has 1 unspecified atom stereocenters. The Kier molecular flexibility index (Phi) is 12.5. The summed E-state index contributed by atoms with van der Waals surface area (Å²) in [6.07, 6.45) is 0.241. The van der Waals surface area contributed by atoms with Gasteiger partial charge in [-0.2, -0.15) is 0 Å². The molecule has 0 aliphatic carbocycles. The van der Waals surface area contributed by atoms with Gasteiger partial charge in [0.25, 0.3) is 5.91 Å². The lowest BCUT2D eigenvalue weighted by atomic mass is 9.84. The first kappa shape index (κ1) is 34.6. The SMILES string of the molecule is CC(NC(=O)[C@@H](CC(=O)Cc1ccccc1)Cc1ccccc1)C(=O)C(=O)N[C@@H](Cc1ccccc1)C(=O)CC(C)(C)C(N)=O. The molecule has 3 rings (SSSR count). The maximum Gasteiger partial charge on any atom is 0.290 e. The number of nitrogens with two attached hydrogens (primary N) is 1. The number of carbonyl (C=O) groups is 6. The fourth-order valence-electron chi connectivity index (χ4n) is 4.89. The van der Waals surface area contributed by atoms with Gasteiger partial charge in [0.05, 0.1) is 17.5 Å². The van der Waals surface area contributed by atoms with Gasteiger partial charge in [0.2, 0.25) is 17.6 Å². The first-order chi connectivity index (χ1) is 21.4. The quantitative estimate of drug-likeness (QED) is 0.199. The Morgan fingerprint density at radius 1 is 0.711 bits per heavy atom. The average Bonchev–Trinajstić information content (AvgIpc) is 3.01. The van der Waals surface area contributed by atoms with Gasteiger partial charge < -0.3 is 16.4 Å². The van der Waals surface area contributed by atoms with Crippen LogP contribution in [0.4, 0.5) is 0 Å². The molecule has 236 valence electrons. The molecule has 0 spiro atoms. The van der Waals surface area contributed by atoms with Crippen LogP contribution in [0.3, 0.4) is 0 Å². The van der Waals surface area contributed by atoms with Crippen LogP contribution < -0.4 is 16.4 Å². The number of hydrogen-bond donors (Lipinski definition) is 3. The van der Waals surface area contributed by atoms with E-state index in [1.807, 2.05) is 66.7 Å². The maximum atomic E-state index is 13.4. The van der Waals surface area contributed by atoms with Crippen LogP contribution in [0.2, 0.25) is 0 Å². The zero-order chi connectivity index (χ0) is 33.0. The van der Waals surface area contributed by atoms with E-state index in [1.165, 1.54) is 20.8 Å². The molecule has 4 N–H and O–H groups in total. The van der Waals surface area contributed by atoms with Gasteiger partial charge in [0, 0.05) is 25.2 Å². The lowest BCUT2D eigenvalue weighted by Crippen LogP contribution is -2.52. The van der Waals surface area contributed by atoms with E-state index in [4.69, 9.17) is 5.73 Å². The summed E-state index contributed by atoms with van der Waals surface area (Å²) in [6, 6.07) is 25.1. The summed E-state index contributed by atoms with van der Waals surface area (Å²) >= 11 is 0. The van der Waals surface area contributed by atoms with Gasteiger partial charge in [-0.05, 0) is 36.5 Å². The van der Waals surface area contributed by atoms with E-state index in [2.05, 4.69) is 10.6 Å². The minimum atomic E-state index is -1.23. The summed E-state index contributed by atoms with van der Waals surface area (Å²) < 4.78 is 0. The number of primary amides is 1. The summed E-state index contributed by atoms with van der Waals surface area (Å²) in [7, 11) is 0. The summed E-state index contributed by atoms with van der Waals surface area (Å²) in [6.45, 7) is 4.46. The van der Waals surface area contributed by atoms with Crippen LogP contribution in [0.15, 0.2) is 91.0 Å². The highest BCUT2D eigenvalue weighted by Crippen LogP contribution is 2.22. The molecule has 45 heavy (non-hydrogen) atoms. The minimum absolute atomic E-state index is 0.0496. The zero-order valence-electron chi connectivity index (χ0n) is 26.0. The second-order valence-electron chi connectivity index (χ2n) is 12.0. The molecule has 0 saturated carbocycles. The highest BCUT2D eigenvalue weighted by atomic mass is 16.2. The lowest BCUT2D eigenvalue weighted by molar-refractivity contribution is -0.141. The van der Waals surface area contributed by atoms with E-state index in [0.717, 1.165) is 16.7 Å². The van der Waals surface area contributed by atoms with Crippen molar-refractivity contribution in [1.29, 1.82) is 0 Å². The molecule has 3 aromatic carbocycles. The average molecular weight is 612 g/mol. The van der Waals surface area contributed by atoms with Crippen molar-refractivity contribution in [3.8, 4) is 0 Å². The number of Topliss-reactive ketones (excluding diaryl/α,β-unsaturated/α-hetero) is 3. The van der Waals surface area contributed by atoms with Crippen molar-refractivity contribution in [1.82, 2.24) is 10.6 Å². The van der Waals surface area contributed by atoms with Crippen LogP contribution in [-0.4, -0.2) is 47.2 Å². The molecular weight excluding hydrogens is 570 g/mol. The van der Waals surface area contributed by atoms with Crippen molar-refractivity contribution < 1.29 is 28.8 Å². The van der Waals surface area contributed by atoms with Crippen molar-refractivity contribution in [2.75, 3.05) is 0 Å². The molecule has 0 radical (unpaired) electrons. The number of carbonyl (C=O) groups excluding carboxylic acids is 6. The molecule has 0 saturated heterocycles. The zero-order valence-corrected chi connectivity index (χ0v) is 26.0. The molecule has 3 amide bonds. The van der Waals surface area contributed by atoms with Crippen molar-refractivity contribution in [3.05, 3.63) is 108 Å². The van der Waals surface area contributed by atoms with Crippen LogP contribution in [0, 0.1) is 11.3 Å². The molecule has 0 aliphatic rings. The third kappa shape index (κ3) is 10.9. The Bertz CT molecular complexity index is 1490. The van der Waals surface area contributed by atoms with E-state index in [1.54, 1.807) is 24.3 Å². The van der Waals surface area contributed by atoms with Gasteiger partial charge >= 0.3 is 0 Å². The first-order valence-corrected chi connectivity index (χ1v) is 15.0. The minimum Gasteiger partial charge on any atom is -0.369 e. The largest absolute Gasteiger partial charge is 0.369 e. The normalized spacial score (nSPS) is 13.1. The third-order valence-electron chi connectivity index (χ3n) is 7.65. The highest BCUT2D eigenvalue weighted by Gasteiger charge is 2.34. The number of rotatable bonds is 17. The molecule has 3 atom stereocenters. The van der Waals surface area contributed by atoms with E-state index < -0.39 is 52.7 Å². The summed E-state index contributed by atoms with van der Waals surface area (Å²) in [5.74, 6) is -4.55. The second-order valence-corrected chi connectivity index (χ2v) is 12.0. The molecule has 0 aromatic heterocycles. The van der Waals surface area contributed by atoms with E-state index in [-0.39, 0.29) is 37.9 Å². The lowest BCUT2D eigenvalue weighted by Gasteiger charge is -2.24. The van der Waals surface area contributed by atoms with Crippen LogP contribution >= 0.6 is 0 Å². The fraction of sp³-hybridized carbons (Fsp3) is 0.333. The topological polar surface area (TPSA) is 152 Å². The van der Waals surface area contributed by atoms with Crippen LogP contribution in [0.1, 0.15) is 50.3 Å². The van der Waals surface area contributed by atoms with Crippen molar-refractivity contribution >= 4 is 35.1 Å². The third-order valence-corrected chi connectivity index (χ3v) is 7.65.